The van der Waals surface area contributed by atoms with Gasteiger partial charge in [0, 0.05) is 27.1 Å². The minimum absolute atomic E-state index is 0.524. The highest BCUT2D eigenvalue weighted by molar-refractivity contribution is 6.14. The molecule has 0 saturated carbocycles. The molecule has 0 amide bonds. The molecule has 0 atom stereocenters. The smallest absolute Gasteiger partial charge is 0.0993 e. The molecule has 70 heavy (non-hydrogen) atoms. The van der Waals surface area contributed by atoms with E-state index in [0.717, 1.165) is 88.4 Å². The summed E-state index contributed by atoms with van der Waals surface area (Å²) < 4.78 is 4.68. The van der Waals surface area contributed by atoms with E-state index in [9.17, 15) is 10.5 Å². The van der Waals surface area contributed by atoms with Gasteiger partial charge in [-0.3, -0.25) is 0 Å². The van der Waals surface area contributed by atoms with Crippen LogP contribution in [0.3, 0.4) is 0 Å². The van der Waals surface area contributed by atoms with Crippen LogP contribution < -0.4 is 0 Å². The summed E-state index contributed by atoms with van der Waals surface area (Å²) in [5.74, 6) is 0. The molecule has 0 spiro atoms. The molecule has 0 aliphatic rings. The summed E-state index contributed by atoms with van der Waals surface area (Å²) in [6.07, 6.45) is 0. The van der Waals surface area contributed by atoms with Crippen LogP contribution in [0.5, 0.6) is 0 Å². The molecule has 330 valence electrons. The summed E-state index contributed by atoms with van der Waals surface area (Å²) >= 11 is 0. The van der Waals surface area contributed by atoms with Crippen molar-refractivity contribution in [2.45, 2.75) is 27.7 Å². The van der Waals surface area contributed by atoms with Crippen molar-refractivity contribution in [3.8, 4) is 79.1 Å². The maximum atomic E-state index is 11.1. The normalized spacial score (nSPS) is 11.4. The molecular weight excluding hydrogens is 849 g/mol. The Morgan fingerprint density at radius 3 is 0.943 bits per heavy atom. The van der Waals surface area contributed by atoms with Gasteiger partial charge in [0.25, 0.3) is 0 Å². The summed E-state index contributed by atoms with van der Waals surface area (Å²) in [4.78, 5) is 0. The van der Waals surface area contributed by atoms with Gasteiger partial charge in [-0.15, -0.1) is 0 Å². The van der Waals surface area contributed by atoms with E-state index < -0.39 is 0 Å². The third-order valence-corrected chi connectivity index (χ3v) is 14.3. The molecule has 12 rings (SSSR count). The lowest BCUT2D eigenvalue weighted by Crippen LogP contribution is -2.05. The number of benzene rings is 10. The van der Waals surface area contributed by atoms with Gasteiger partial charge in [0.2, 0.25) is 0 Å². The fourth-order valence-electron chi connectivity index (χ4n) is 10.9. The summed E-state index contributed by atoms with van der Waals surface area (Å²) in [6.45, 7) is 8.66. The largest absolute Gasteiger partial charge is 0.308 e. The van der Waals surface area contributed by atoms with Gasteiger partial charge in [-0.25, -0.2) is 0 Å². The second-order valence-corrected chi connectivity index (χ2v) is 18.6. The standard InChI is InChI=1S/C66H46N4/c1-41-14-5-9-20-52(41)47-24-28-60-56(35-47)57-36-48(53-21-10-6-15-42(53)2)25-29-61(57)69(60)64-33-46(40-68)34-65(66(64)51-19-13-18-45(32-51)39-67)70-62-30-26-49(54-22-11-7-16-43(54)3)37-58(62)59-38-50(27-31-63(59)70)55-23-12-8-17-44(55)4/h5-38H,1-4H3. The Morgan fingerprint density at radius 2 is 0.629 bits per heavy atom. The quantitative estimate of drug-likeness (QED) is 0.160. The van der Waals surface area contributed by atoms with E-state index in [1.165, 1.54) is 44.5 Å². The van der Waals surface area contributed by atoms with E-state index in [-0.39, 0.29) is 0 Å². The second kappa shape index (κ2) is 16.8. The maximum Gasteiger partial charge on any atom is 0.0993 e. The highest BCUT2D eigenvalue weighted by atomic mass is 15.0. The summed E-state index contributed by atoms with van der Waals surface area (Å²) in [7, 11) is 0. The minimum atomic E-state index is 0.524. The lowest BCUT2D eigenvalue weighted by molar-refractivity contribution is 1.13. The molecule has 0 saturated heterocycles. The number of aromatic nitrogens is 2. The van der Waals surface area contributed by atoms with Crippen LogP contribution in [-0.2, 0) is 0 Å². The molecular formula is C66H46N4. The van der Waals surface area contributed by atoms with E-state index in [2.05, 4.69) is 225 Å². The number of nitrogens with zero attached hydrogens (tertiary/aromatic N) is 4. The van der Waals surface area contributed by atoms with Gasteiger partial charge < -0.3 is 9.13 Å². The second-order valence-electron chi connectivity index (χ2n) is 18.6. The topological polar surface area (TPSA) is 57.4 Å². The molecule has 10 aromatic carbocycles. The average molecular weight is 895 g/mol. The van der Waals surface area contributed by atoms with Crippen molar-refractivity contribution >= 4 is 43.6 Å². The predicted octanol–water partition coefficient (Wildman–Crippen LogP) is 17.2. The van der Waals surface area contributed by atoms with Gasteiger partial charge in [-0.05, 0) is 173 Å². The van der Waals surface area contributed by atoms with Crippen LogP contribution in [0.2, 0.25) is 0 Å². The average Bonchev–Trinajstić information content (AvgIpc) is 3.90. The van der Waals surface area contributed by atoms with Crippen molar-refractivity contribution in [3.05, 3.63) is 240 Å². The molecule has 0 bridgehead atoms. The zero-order valence-corrected chi connectivity index (χ0v) is 39.4. The molecule has 4 heteroatoms. The molecule has 0 unspecified atom stereocenters. The number of fused-ring (bicyclic) bond motifs is 6. The van der Waals surface area contributed by atoms with Gasteiger partial charge in [-0.2, -0.15) is 10.5 Å². The van der Waals surface area contributed by atoms with Gasteiger partial charge in [0.1, 0.15) is 0 Å². The number of aryl methyl sites for hydroxylation is 4. The maximum absolute atomic E-state index is 11.1. The SMILES string of the molecule is Cc1ccccc1-c1ccc2c(c1)c1cc(-c3ccccc3C)ccc1n2-c1cc(C#N)cc(-n2c3ccc(-c4ccccc4C)cc3c3cc(-c4ccccc4C)ccc32)c1-c1cccc(C#N)c1. The first-order valence-corrected chi connectivity index (χ1v) is 23.8. The Hall–Kier alpha value is -9.22. The van der Waals surface area contributed by atoms with E-state index >= 15 is 0 Å². The monoisotopic (exact) mass is 894 g/mol. The Bertz CT molecular complexity index is 3760. The molecule has 12 aromatic rings. The minimum Gasteiger partial charge on any atom is -0.308 e. The fourth-order valence-corrected chi connectivity index (χ4v) is 10.9. The summed E-state index contributed by atoms with van der Waals surface area (Å²) in [5.41, 5.74) is 22.7. The molecule has 0 fully saturated rings. The van der Waals surface area contributed by atoms with Crippen LogP contribution in [0.25, 0.3) is 111 Å². The Morgan fingerprint density at radius 1 is 0.300 bits per heavy atom. The molecule has 2 aromatic heterocycles. The number of nitriles is 2. The Kier molecular flexibility index (Phi) is 10.1. The van der Waals surface area contributed by atoms with Crippen LogP contribution in [0, 0.1) is 50.4 Å². The first-order chi connectivity index (χ1) is 34.3. The first kappa shape index (κ1) is 42.2. The lowest BCUT2D eigenvalue weighted by atomic mass is 9.96. The van der Waals surface area contributed by atoms with Gasteiger partial charge in [-0.1, -0.05) is 133 Å². The van der Waals surface area contributed by atoms with Gasteiger partial charge in [0.05, 0.1) is 56.7 Å². The third kappa shape index (κ3) is 6.89. The van der Waals surface area contributed by atoms with Crippen molar-refractivity contribution in [1.29, 1.82) is 10.5 Å². The zero-order chi connectivity index (χ0) is 47.6. The van der Waals surface area contributed by atoms with Crippen molar-refractivity contribution in [2.24, 2.45) is 0 Å². The summed E-state index contributed by atoms with van der Waals surface area (Å²) in [6, 6.07) is 78.3. The van der Waals surface area contributed by atoms with E-state index in [4.69, 9.17) is 0 Å². The Balaban J connectivity index is 1.21. The van der Waals surface area contributed by atoms with Crippen LogP contribution >= 0.6 is 0 Å². The van der Waals surface area contributed by atoms with Crippen molar-refractivity contribution in [3.63, 3.8) is 0 Å². The molecule has 0 aliphatic heterocycles. The van der Waals surface area contributed by atoms with Crippen molar-refractivity contribution in [2.75, 3.05) is 0 Å². The van der Waals surface area contributed by atoms with Gasteiger partial charge >= 0.3 is 0 Å². The fraction of sp³-hybridized carbons (Fsp3) is 0.0606. The van der Waals surface area contributed by atoms with Crippen LogP contribution in [-0.4, -0.2) is 9.13 Å². The molecule has 0 N–H and O–H groups in total. The van der Waals surface area contributed by atoms with Crippen LogP contribution in [0.1, 0.15) is 33.4 Å². The number of hydrogen-bond donors (Lipinski definition) is 0. The van der Waals surface area contributed by atoms with E-state index in [1.807, 2.05) is 30.3 Å². The molecule has 0 radical (unpaired) electrons. The highest BCUT2D eigenvalue weighted by Crippen LogP contribution is 2.46. The third-order valence-electron chi connectivity index (χ3n) is 14.3. The molecule has 0 aliphatic carbocycles. The lowest BCUT2D eigenvalue weighted by Gasteiger charge is -2.21. The van der Waals surface area contributed by atoms with Gasteiger partial charge in [0.15, 0.2) is 0 Å². The van der Waals surface area contributed by atoms with E-state index in [0.29, 0.717) is 11.1 Å². The first-order valence-electron chi connectivity index (χ1n) is 23.8. The predicted molar refractivity (Wildman–Crippen MR) is 291 cm³/mol. The highest BCUT2D eigenvalue weighted by Gasteiger charge is 2.25. The molecule has 4 nitrogen and oxygen atoms in total. The summed E-state index contributed by atoms with van der Waals surface area (Å²) in [5, 5.41) is 26.0. The van der Waals surface area contributed by atoms with Crippen LogP contribution in [0.4, 0.5) is 0 Å². The zero-order valence-electron chi connectivity index (χ0n) is 39.4. The van der Waals surface area contributed by atoms with Crippen LogP contribution in [0.15, 0.2) is 206 Å². The van der Waals surface area contributed by atoms with E-state index in [1.54, 1.807) is 0 Å². The Labute approximate surface area is 407 Å². The molecule has 2 heterocycles. The van der Waals surface area contributed by atoms with Crippen molar-refractivity contribution in [1.82, 2.24) is 9.13 Å². The number of rotatable bonds is 7. The number of hydrogen-bond acceptors (Lipinski definition) is 2. The van der Waals surface area contributed by atoms with Crippen molar-refractivity contribution < 1.29 is 0 Å².